The van der Waals surface area contributed by atoms with Crippen LogP contribution in [0.5, 0.6) is 0 Å². The lowest BCUT2D eigenvalue weighted by Gasteiger charge is -2.47. The fourth-order valence-corrected chi connectivity index (χ4v) is 3.06. The molecular formula is C15H20FNO3. The molecule has 0 spiro atoms. The Labute approximate surface area is 117 Å². The number of aliphatic hydroxyl groups excluding tert-OH is 1. The Balaban J connectivity index is 2.34. The zero-order valence-corrected chi connectivity index (χ0v) is 11.7. The Morgan fingerprint density at radius 2 is 2.10 bits per heavy atom. The number of rotatable bonds is 2. The third-order valence-corrected chi connectivity index (χ3v) is 4.07. The number of carboxylic acid groups (broad SMARTS) is 1. The van der Waals surface area contributed by atoms with Crippen molar-refractivity contribution in [3.63, 3.8) is 0 Å². The molecule has 20 heavy (non-hydrogen) atoms. The van der Waals surface area contributed by atoms with Gasteiger partial charge in [-0.3, -0.25) is 4.90 Å². The van der Waals surface area contributed by atoms with Crippen LogP contribution < -0.4 is 0 Å². The number of piperidine rings is 1. The van der Waals surface area contributed by atoms with E-state index in [1.54, 1.807) is 12.1 Å². The Kier molecular flexibility index (Phi) is 3.99. The molecule has 0 unspecified atom stereocenters. The van der Waals surface area contributed by atoms with Crippen molar-refractivity contribution in [2.45, 2.75) is 50.8 Å². The smallest absolute Gasteiger partial charge is 0.408 e. The standard InChI is InChI=1S/C15H20FNO3/c1-15(2)9-5-8-12(17(15)14(19)20)13(18)10-6-3-4-7-11(10)16/h3-4,6-7,12-13,18H,5,8-9H2,1-2H3,(H,19,20)/t12-,13-/m0/s1. The second-order valence-corrected chi connectivity index (χ2v) is 5.89. The molecule has 0 saturated carbocycles. The van der Waals surface area contributed by atoms with Gasteiger partial charge in [-0.15, -0.1) is 0 Å². The van der Waals surface area contributed by atoms with Gasteiger partial charge in [-0.1, -0.05) is 18.2 Å². The average molecular weight is 281 g/mol. The van der Waals surface area contributed by atoms with Crippen molar-refractivity contribution in [3.05, 3.63) is 35.6 Å². The molecular weight excluding hydrogens is 261 g/mol. The van der Waals surface area contributed by atoms with Gasteiger partial charge in [0.05, 0.1) is 6.04 Å². The van der Waals surface area contributed by atoms with E-state index in [0.29, 0.717) is 6.42 Å². The number of nitrogens with zero attached hydrogens (tertiary/aromatic N) is 1. The monoisotopic (exact) mass is 281 g/mol. The minimum absolute atomic E-state index is 0.154. The molecule has 1 saturated heterocycles. The van der Waals surface area contributed by atoms with Gasteiger partial charge in [0.2, 0.25) is 0 Å². The molecule has 4 nitrogen and oxygen atoms in total. The summed E-state index contributed by atoms with van der Waals surface area (Å²) in [5.74, 6) is -0.506. The van der Waals surface area contributed by atoms with Crippen molar-refractivity contribution in [3.8, 4) is 0 Å². The van der Waals surface area contributed by atoms with Crippen molar-refractivity contribution < 1.29 is 19.4 Å². The minimum Gasteiger partial charge on any atom is -0.465 e. The van der Waals surface area contributed by atoms with E-state index in [1.807, 2.05) is 13.8 Å². The zero-order valence-electron chi connectivity index (χ0n) is 11.7. The highest BCUT2D eigenvalue weighted by Gasteiger charge is 2.43. The molecule has 0 aliphatic carbocycles. The van der Waals surface area contributed by atoms with Gasteiger partial charge in [-0.2, -0.15) is 0 Å². The third kappa shape index (κ3) is 2.63. The molecule has 1 aromatic carbocycles. The first-order valence-electron chi connectivity index (χ1n) is 6.79. The van der Waals surface area contributed by atoms with Gasteiger partial charge in [0.15, 0.2) is 0 Å². The van der Waals surface area contributed by atoms with E-state index < -0.39 is 29.6 Å². The van der Waals surface area contributed by atoms with Crippen LogP contribution in [-0.4, -0.2) is 32.8 Å². The molecule has 5 heteroatoms. The predicted molar refractivity (Wildman–Crippen MR) is 72.9 cm³/mol. The quantitative estimate of drug-likeness (QED) is 0.875. The lowest BCUT2D eigenvalue weighted by atomic mass is 9.83. The first-order chi connectivity index (χ1) is 9.34. The number of hydrogen-bond acceptors (Lipinski definition) is 2. The van der Waals surface area contributed by atoms with Gasteiger partial charge in [0.1, 0.15) is 11.9 Å². The van der Waals surface area contributed by atoms with E-state index in [4.69, 9.17) is 0 Å². The van der Waals surface area contributed by atoms with Crippen molar-refractivity contribution in [1.82, 2.24) is 4.90 Å². The summed E-state index contributed by atoms with van der Waals surface area (Å²) in [7, 11) is 0. The summed E-state index contributed by atoms with van der Waals surface area (Å²) >= 11 is 0. The topological polar surface area (TPSA) is 60.8 Å². The molecule has 1 heterocycles. The Morgan fingerprint density at radius 3 is 2.70 bits per heavy atom. The van der Waals surface area contributed by atoms with Gasteiger partial charge in [0, 0.05) is 11.1 Å². The Bertz CT molecular complexity index is 504. The van der Waals surface area contributed by atoms with Gasteiger partial charge in [-0.25, -0.2) is 9.18 Å². The molecule has 2 atom stereocenters. The SMILES string of the molecule is CC1(C)CCC[C@@H]([C@@H](O)c2ccccc2F)N1C(=O)O. The van der Waals surface area contributed by atoms with Gasteiger partial charge in [0.25, 0.3) is 0 Å². The van der Waals surface area contributed by atoms with Crippen molar-refractivity contribution in [2.75, 3.05) is 0 Å². The molecule has 1 aliphatic rings. The van der Waals surface area contributed by atoms with Crippen LogP contribution in [0.4, 0.5) is 9.18 Å². The van der Waals surface area contributed by atoms with Crippen LogP contribution in [0.2, 0.25) is 0 Å². The van der Waals surface area contributed by atoms with E-state index in [-0.39, 0.29) is 5.56 Å². The van der Waals surface area contributed by atoms with Crippen LogP contribution in [0.1, 0.15) is 44.8 Å². The molecule has 0 bridgehead atoms. The predicted octanol–water partition coefficient (Wildman–Crippen LogP) is 3.17. The second kappa shape index (κ2) is 5.40. The van der Waals surface area contributed by atoms with Crippen molar-refractivity contribution >= 4 is 6.09 Å². The Hall–Kier alpha value is -1.62. The number of hydrogen-bond donors (Lipinski definition) is 2. The average Bonchev–Trinajstić information content (AvgIpc) is 2.36. The molecule has 0 aromatic heterocycles. The lowest BCUT2D eigenvalue weighted by Crippen LogP contribution is -2.57. The zero-order chi connectivity index (χ0) is 14.9. The van der Waals surface area contributed by atoms with E-state index in [9.17, 15) is 19.4 Å². The lowest BCUT2D eigenvalue weighted by molar-refractivity contribution is -0.0282. The number of carbonyl (C=O) groups is 1. The molecule has 1 aliphatic heterocycles. The highest BCUT2D eigenvalue weighted by Crippen LogP contribution is 2.37. The molecule has 0 radical (unpaired) electrons. The largest absolute Gasteiger partial charge is 0.465 e. The fourth-order valence-electron chi connectivity index (χ4n) is 3.06. The third-order valence-electron chi connectivity index (χ3n) is 4.07. The summed E-state index contributed by atoms with van der Waals surface area (Å²) in [5.41, 5.74) is -0.400. The molecule has 1 amide bonds. The summed E-state index contributed by atoms with van der Waals surface area (Å²) in [6.45, 7) is 3.67. The van der Waals surface area contributed by atoms with Crippen molar-refractivity contribution in [2.24, 2.45) is 0 Å². The highest BCUT2D eigenvalue weighted by molar-refractivity contribution is 5.67. The van der Waals surface area contributed by atoms with Crippen LogP contribution in [0.15, 0.2) is 24.3 Å². The number of aliphatic hydroxyl groups is 1. The van der Waals surface area contributed by atoms with Gasteiger partial charge in [-0.05, 0) is 39.2 Å². The van der Waals surface area contributed by atoms with Crippen LogP contribution in [0.25, 0.3) is 0 Å². The number of amides is 1. The molecule has 1 fully saturated rings. The summed E-state index contributed by atoms with van der Waals surface area (Å²) in [4.78, 5) is 12.8. The van der Waals surface area contributed by atoms with Crippen LogP contribution >= 0.6 is 0 Å². The van der Waals surface area contributed by atoms with E-state index in [1.165, 1.54) is 17.0 Å². The maximum absolute atomic E-state index is 13.8. The molecule has 2 N–H and O–H groups in total. The molecule has 2 rings (SSSR count). The molecule has 110 valence electrons. The van der Waals surface area contributed by atoms with Gasteiger partial charge < -0.3 is 10.2 Å². The van der Waals surface area contributed by atoms with Crippen molar-refractivity contribution in [1.29, 1.82) is 0 Å². The minimum atomic E-state index is -1.15. The summed E-state index contributed by atoms with van der Waals surface area (Å²) < 4.78 is 13.8. The summed E-state index contributed by atoms with van der Waals surface area (Å²) in [5, 5.41) is 19.9. The summed E-state index contributed by atoms with van der Waals surface area (Å²) in [6.07, 6.45) is -0.139. The fraction of sp³-hybridized carbons (Fsp3) is 0.533. The first-order valence-corrected chi connectivity index (χ1v) is 6.79. The maximum atomic E-state index is 13.8. The number of benzene rings is 1. The maximum Gasteiger partial charge on any atom is 0.408 e. The van der Waals surface area contributed by atoms with Gasteiger partial charge >= 0.3 is 6.09 Å². The van der Waals surface area contributed by atoms with Crippen LogP contribution in [0, 0.1) is 5.82 Å². The van der Waals surface area contributed by atoms with E-state index in [2.05, 4.69) is 0 Å². The van der Waals surface area contributed by atoms with Crippen LogP contribution in [0.3, 0.4) is 0 Å². The van der Waals surface area contributed by atoms with E-state index in [0.717, 1.165) is 12.8 Å². The highest BCUT2D eigenvalue weighted by atomic mass is 19.1. The number of likely N-dealkylation sites (tertiary alicyclic amines) is 1. The van der Waals surface area contributed by atoms with E-state index >= 15 is 0 Å². The number of halogens is 1. The summed E-state index contributed by atoms with van der Waals surface area (Å²) in [6, 6.07) is 5.35. The second-order valence-electron chi connectivity index (χ2n) is 5.89. The van der Waals surface area contributed by atoms with Crippen LogP contribution in [-0.2, 0) is 0 Å². The Morgan fingerprint density at radius 1 is 1.45 bits per heavy atom. The normalized spacial score (nSPS) is 23.4. The first kappa shape index (κ1) is 14.8. The molecule has 1 aromatic rings.